The average Bonchev–Trinajstić information content (AvgIpc) is 3.75. The van der Waals surface area contributed by atoms with Gasteiger partial charge in [-0.15, -0.1) is 91.7 Å². The molecule has 6 rings (SSSR count). The summed E-state index contributed by atoms with van der Waals surface area (Å²) in [7, 11) is 11.0. The molecular formula is C34H36Cl2S2SiZr. The average molecular weight is 699 g/mol. The van der Waals surface area contributed by atoms with Gasteiger partial charge in [-0.2, -0.15) is 12.1 Å². The van der Waals surface area contributed by atoms with Crippen molar-refractivity contribution in [3.63, 3.8) is 0 Å². The Morgan fingerprint density at radius 1 is 0.650 bits per heavy atom. The first-order valence-corrected chi connectivity index (χ1v) is 23.4. The number of fused-ring (bicyclic) bond motifs is 2. The van der Waals surface area contributed by atoms with Crippen molar-refractivity contribution in [3.05, 3.63) is 107 Å². The molecule has 40 heavy (non-hydrogen) atoms. The van der Waals surface area contributed by atoms with Crippen LogP contribution in [0.5, 0.6) is 0 Å². The van der Waals surface area contributed by atoms with Gasteiger partial charge in [0.25, 0.3) is 0 Å². The molecule has 0 saturated heterocycles. The van der Waals surface area contributed by atoms with Crippen LogP contribution in [-0.4, -0.2) is 9.52 Å². The zero-order valence-electron chi connectivity index (χ0n) is 24.0. The van der Waals surface area contributed by atoms with Crippen LogP contribution in [0.25, 0.3) is 42.4 Å². The molecular weight excluding hydrogens is 663 g/mol. The van der Waals surface area contributed by atoms with Crippen molar-refractivity contribution in [2.45, 2.75) is 52.6 Å². The molecule has 2 heterocycles. The van der Waals surface area contributed by atoms with Crippen LogP contribution in [0.2, 0.25) is 13.1 Å². The Bertz CT molecular complexity index is 1430. The number of hydrogen-bond acceptors (Lipinski definition) is 2. The SMILES string of the molecule is CC(C)c1cc2c(-c3cccs3)cccc2[cH-]1.CC(C)c1cc2c(-c3cccs3)cccc2[cH-]1.C[Si]C.[Cl][Zr+2][Cl]. The molecule has 0 unspecified atom stereocenters. The zero-order chi connectivity index (χ0) is 29.1. The van der Waals surface area contributed by atoms with E-state index in [1.54, 1.807) is 0 Å². The molecule has 206 valence electrons. The van der Waals surface area contributed by atoms with Gasteiger partial charge >= 0.3 is 37.9 Å². The fourth-order valence-corrected chi connectivity index (χ4v) is 6.01. The Labute approximate surface area is 269 Å². The third-order valence-electron chi connectivity index (χ3n) is 6.45. The summed E-state index contributed by atoms with van der Waals surface area (Å²) in [5, 5.41) is 9.78. The standard InChI is InChI=1S/2C16H15S.C2H6Si.2ClH.Zr/c2*1-11(2)13-9-12-5-3-6-14(15(12)10-13)16-7-4-8-17-16;1-3-2;;;/h2*3-11H,1-2H3;1-2H3;2*1H;/q2*-1;;;;+4/p-2. The Hall–Kier alpha value is -1.26. The molecule has 0 aliphatic heterocycles. The maximum absolute atomic E-state index is 4.93. The number of halogens is 2. The first-order chi connectivity index (χ1) is 19.3. The predicted octanol–water partition coefficient (Wildman–Crippen LogP) is 13.0. The van der Waals surface area contributed by atoms with Crippen LogP contribution in [0.15, 0.2) is 95.7 Å². The number of hydrogen-bond donors (Lipinski definition) is 0. The quantitative estimate of drug-likeness (QED) is 0.127. The molecule has 0 spiro atoms. The molecule has 2 aromatic heterocycles. The van der Waals surface area contributed by atoms with Gasteiger partial charge in [0.15, 0.2) is 0 Å². The third-order valence-corrected chi connectivity index (χ3v) is 8.26. The van der Waals surface area contributed by atoms with Crippen molar-refractivity contribution in [1.82, 2.24) is 0 Å². The minimum atomic E-state index is -0.826. The molecule has 0 amide bonds. The summed E-state index contributed by atoms with van der Waals surface area (Å²) in [5.74, 6) is 1.19. The van der Waals surface area contributed by atoms with Gasteiger partial charge in [-0.1, -0.05) is 76.2 Å². The first-order valence-electron chi connectivity index (χ1n) is 13.4. The number of rotatable bonds is 4. The molecule has 0 aliphatic carbocycles. The Kier molecular flexibility index (Phi) is 14.1. The van der Waals surface area contributed by atoms with Crippen LogP contribution in [0.3, 0.4) is 0 Å². The van der Waals surface area contributed by atoms with Crippen LogP contribution in [0.1, 0.15) is 50.7 Å². The van der Waals surface area contributed by atoms with Crippen LogP contribution in [-0.2, 0) is 20.8 Å². The zero-order valence-corrected chi connectivity index (χ0v) is 30.6. The van der Waals surface area contributed by atoms with E-state index in [2.05, 4.69) is 136 Å². The summed E-state index contributed by atoms with van der Waals surface area (Å²) >= 11 is 2.79. The van der Waals surface area contributed by atoms with Crippen molar-refractivity contribution in [2.24, 2.45) is 0 Å². The summed E-state index contributed by atoms with van der Waals surface area (Å²) < 4.78 is 0. The van der Waals surface area contributed by atoms with E-state index < -0.39 is 20.8 Å². The first kappa shape index (κ1) is 33.2. The summed E-state index contributed by atoms with van der Waals surface area (Å²) in [6, 6.07) is 31.1. The minimum absolute atomic E-state index is 0.596. The van der Waals surface area contributed by atoms with Gasteiger partial charge in [-0.25, -0.2) is 0 Å². The van der Waals surface area contributed by atoms with Gasteiger partial charge < -0.3 is 0 Å². The second-order valence-corrected chi connectivity index (χ2v) is 16.7. The van der Waals surface area contributed by atoms with Crippen LogP contribution >= 0.6 is 39.7 Å². The van der Waals surface area contributed by atoms with E-state index in [4.69, 9.17) is 17.0 Å². The molecule has 4 aromatic carbocycles. The van der Waals surface area contributed by atoms with Crippen molar-refractivity contribution in [1.29, 1.82) is 0 Å². The molecule has 0 aliphatic rings. The van der Waals surface area contributed by atoms with Crippen molar-refractivity contribution in [3.8, 4) is 20.9 Å². The molecule has 0 atom stereocenters. The Morgan fingerprint density at radius 2 is 1.02 bits per heavy atom. The summed E-state index contributed by atoms with van der Waals surface area (Å²) in [6.07, 6.45) is 0. The molecule has 6 aromatic rings. The van der Waals surface area contributed by atoms with Gasteiger partial charge in [-0.05, 0) is 34.7 Å². The van der Waals surface area contributed by atoms with Crippen molar-refractivity contribution < 1.29 is 20.8 Å². The van der Waals surface area contributed by atoms with Gasteiger partial charge in [0.2, 0.25) is 0 Å². The number of benzene rings is 2. The molecule has 6 heteroatoms. The molecule has 0 nitrogen and oxygen atoms in total. The molecule has 0 saturated carbocycles. The maximum atomic E-state index is 4.93. The van der Waals surface area contributed by atoms with Crippen molar-refractivity contribution in [2.75, 3.05) is 0 Å². The molecule has 0 fully saturated rings. The van der Waals surface area contributed by atoms with E-state index in [0.29, 0.717) is 11.8 Å². The summed E-state index contributed by atoms with van der Waals surface area (Å²) in [6.45, 7) is 13.3. The van der Waals surface area contributed by atoms with Gasteiger partial charge in [0.1, 0.15) is 0 Å². The number of thiophene rings is 2. The normalized spacial score (nSPS) is 10.4. The van der Waals surface area contributed by atoms with E-state index in [9.17, 15) is 0 Å². The van der Waals surface area contributed by atoms with Crippen LogP contribution in [0, 0.1) is 0 Å². The van der Waals surface area contributed by atoms with Gasteiger partial charge in [-0.3, -0.25) is 0 Å². The Morgan fingerprint density at radius 3 is 1.32 bits per heavy atom. The van der Waals surface area contributed by atoms with Crippen LogP contribution in [0.4, 0.5) is 0 Å². The topological polar surface area (TPSA) is 0 Å². The molecule has 2 radical (unpaired) electrons. The Balaban J connectivity index is 0.000000185. The van der Waals surface area contributed by atoms with E-state index in [-0.39, 0.29) is 0 Å². The van der Waals surface area contributed by atoms with E-state index >= 15 is 0 Å². The van der Waals surface area contributed by atoms with E-state index in [1.807, 2.05) is 22.7 Å². The van der Waals surface area contributed by atoms with E-state index in [1.165, 1.54) is 53.6 Å². The monoisotopic (exact) mass is 696 g/mol. The fourth-order valence-electron chi connectivity index (χ4n) is 4.48. The second kappa shape index (κ2) is 17.0. The van der Waals surface area contributed by atoms with E-state index in [0.717, 1.165) is 9.52 Å². The molecule has 0 N–H and O–H groups in total. The second-order valence-electron chi connectivity index (χ2n) is 10.0. The fraction of sp³-hybridized carbons (Fsp3) is 0.235. The molecule has 0 bridgehead atoms. The summed E-state index contributed by atoms with van der Waals surface area (Å²) in [4.78, 5) is 2.72. The van der Waals surface area contributed by atoms with Crippen LogP contribution < -0.4 is 0 Å². The van der Waals surface area contributed by atoms with Crippen molar-refractivity contribution >= 4 is 70.8 Å². The van der Waals surface area contributed by atoms with Gasteiger partial charge in [0.05, 0.1) is 0 Å². The third kappa shape index (κ3) is 8.87. The summed E-state index contributed by atoms with van der Waals surface area (Å²) in [5.41, 5.74) is 5.60. The predicted molar refractivity (Wildman–Crippen MR) is 183 cm³/mol. The van der Waals surface area contributed by atoms with Gasteiger partial charge in [0, 0.05) is 19.3 Å².